The quantitative estimate of drug-likeness (QED) is 0.777. The maximum atomic E-state index is 5.92. The number of aryl methyl sites for hydroxylation is 1. The highest BCUT2D eigenvalue weighted by Crippen LogP contribution is 2.57. The molecule has 0 aliphatic heterocycles. The van der Waals surface area contributed by atoms with Gasteiger partial charge in [-0.3, -0.25) is 0 Å². The van der Waals surface area contributed by atoms with Crippen molar-refractivity contribution in [1.29, 1.82) is 0 Å². The van der Waals surface area contributed by atoms with Gasteiger partial charge in [-0.15, -0.1) is 0 Å². The fraction of sp³-hybridized carbons (Fsp3) is 0.636. The van der Waals surface area contributed by atoms with Crippen molar-refractivity contribution in [3.05, 3.63) is 34.9 Å². The Balaban J connectivity index is 1.63. The molecule has 2 nitrogen and oxygen atoms in total. The van der Waals surface area contributed by atoms with Crippen LogP contribution in [0.15, 0.2) is 23.8 Å². The summed E-state index contributed by atoms with van der Waals surface area (Å²) in [5.41, 5.74) is 11.6. The van der Waals surface area contributed by atoms with E-state index in [4.69, 9.17) is 10.5 Å². The van der Waals surface area contributed by atoms with Gasteiger partial charge in [0.2, 0.25) is 0 Å². The van der Waals surface area contributed by atoms with Gasteiger partial charge in [0, 0.05) is 0 Å². The molecule has 0 unspecified atom stereocenters. The second-order valence-corrected chi connectivity index (χ2v) is 8.41. The zero-order chi connectivity index (χ0) is 16.7. The molecule has 0 atom stereocenters. The smallest absolute Gasteiger partial charge is 0.120 e. The maximum absolute atomic E-state index is 5.92. The van der Waals surface area contributed by atoms with E-state index in [1.807, 2.05) is 0 Å². The van der Waals surface area contributed by atoms with Crippen LogP contribution >= 0.6 is 0 Å². The van der Waals surface area contributed by atoms with Crippen molar-refractivity contribution in [1.82, 2.24) is 0 Å². The van der Waals surface area contributed by atoms with Crippen molar-refractivity contribution >= 4 is 5.57 Å². The third-order valence-electron chi connectivity index (χ3n) is 6.55. The summed E-state index contributed by atoms with van der Waals surface area (Å²) in [7, 11) is 0. The molecule has 0 saturated heterocycles. The van der Waals surface area contributed by atoms with Crippen molar-refractivity contribution in [2.75, 3.05) is 13.2 Å². The van der Waals surface area contributed by atoms with Gasteiger partial charge in [0.15, 0.2) is 0 Å². The van der Waals surface area contributed by atoms with Crippen molar-refractivity contribution < 1.29 is 4.74 Å². The van der Waals surface area contributed by atoms with Crippen LogP contribution in [0.4, 0.5) is 0 Å². The number of hydrogen-bond donors (Lipinski definition) is 1. The Morgan fingerprint density at radius 1 is 1.04 bits per heavy atom. The van der Waals surface area contributed by atoms with Gasteiger partial charge in [0.05, 0.1) is 6.61 Å². The molecule has 1 aromatic rings. The lowest BCUT2D eigenvalue weighted by molar-refractivity contribution is 0.0704. The van der Waals surface area contributed by atoms with Crippen LogP contribution in [0.3, 0.4) is 0 Å². The molecule has 0 radical (unpaired) electrons. The summed E-state index contributed by atoms with van der Waals surface area (Å²) >= 11 is 0. The highest BCUT2D eigenvalue weighted by Gasteiger charge is 2.45. The second kappa shape index (κ2) is 6.55. The molecule has 0 amide bonds. The van der Waals surface area contributed by atoms with E-state index in [1.165, 1.54) is 48.8 Å². The number of allylic oxidation sites excluding steroid dienone is 2. The molecular formula is C22H31NO. The Bertz CT molecular complexity index is 615. The van der Waals surface area contributed by atoms with Crippen LogP contribution in [0.1, 0.15) is 56.6 Å². The average Bonchev–Trinajstić information content (AvgIpc) is 2.53. The van der Waals surface area contributed by atoms with Gasteiger partial charge in [-0.25, -0.2) is 0 Å². The zero-order valence-corrected chi connectivity index (χ0v) is 15.2. The standard InChI is InChI=1S/C22H31NO/c1-14-6-18(13-21(7-14)24-5-3-4-23)15(2)22-19-9-16-8-17(11-19)12-20(22)10-16/h6-7,13,16-17,19-20H,3-5,8-12,23H2,1-2H3. The van der Waals surface area contributed by atoms with Crippen molar-refractivity contribution in [2.45, 2.75) is 52.4 Å². The van der Waals surface area contributed by atoms with Crippen LogP contribution < -0.4 is 10.5 Å². The number of benzene rings is 1. The van der Waals surface area contributed by atoms with Crippen molar-refractivity contribution in [2.24, 2.45) is 29.4 Å². The van der Waals surface area contributed by atoms with E-state index >= 15 is 0 Å². The summed E-state index contributed by atoms with van der Waals surface area (Å²) in [5, 5.41) is 0. The molecule has 4 bridgehead atoms. The monoisotopic (exact) mass is 325 g/mol. The summed E-state index contributed by atoms with van der Waals surface area (Å²) in [6.07, 6.45) is 8.23. The topological polar surface area (TPSA) is 35.2 Å². The van der Waals surface area contributed by atoms with Crippen LogP contribution in [-0.2, 0) is 0 Å². The van der Waals surface area contributed by atoms with Gasteiger partial charge in [-0.2, -0.15) is 0 Å². The molecule has 130 valence electrons. The minimum absolute atomic E-state index is 0.688. The molecule has 0 spiro atoms. The summed E-state index contributed by atoms with van der Waals surface area (Å²) in [4.78, 5) is 0. The Morgan fingerprint density at radius 3 is 2.33 bits per heavy atom. The summed E-state index contributed by atoms with van der Waals surface area (Å²) in [6.45, 7) is 5.93. The summed E-state index contributed by atoms with van der Waals surface area (Å²) < 4.78 is 5.92. The fourth-order valence-electron chi connectivity index (χ4n) is 5.79. The van der Waals surface area contributed by atoms with Crippen molar-refractivity contribution in [3.8, 4) is 5.75 Å². The molecule has 5 rings (SSSR count). The first-order chi connectivity index (χ1) is 11.6. The number of hydrogen-bond acceptors (Lipinski definition) is 2. The van der Waals surface area contributed by atoms with Crippen LogP contribution in [0.25, 0.3) is 5.57 Å². The molecule has 4 saturated carbocycles. The highest BCUT2D eigenvalue weighted by atomic mass is 16.5. The molecule has 0 heterocycles. The predicted molar refractivity (Wildman–Crippen MR) is 100.0 cm³/mol. The van der Waals surface area contributed by atoms with Gasteiger partial charge < -0.3 is 10.5 Å². The maximum Gasteiger partial charge on any atom is 0.120 e. The van der Waals surface area contributed by atoms with Gasteiger partial charge in [0.1, 0.15) is 5.75 Å². The molecule has 1 aromatic carbocycles. The Labute approximate surface area is 146 Å². The van der Waals surface area contributed by atoms with Gasteiger partial charge in [0.25, 0.3) is 0 Å². The summed E-state index contributed by atoms with van der Waals surface area (Å²) in [6, 6.07) is 6.73. The Hall–Kier alpha value is -1.28. The first-order valence-corrected chi connectivity index (χ1v) is 9.79. The van der Waals surface area contributed by atoms with Crippen LogP contribution in [0.5, 0.6) is 5.75 Å². The fourth-order valence-corrected chi connectivity index (χ4v) is 5.79. The third-order valence-corrected chi connectivity index (χ3v) is 6.55. The largest absolute Gasteiger partial charge is 0.494 e. The number of nitrogens with two attached hydrogens (primary N) is 1. The first kappa shape index (κ1) is 16.2. The number of rotatable bonds is 5. The van der Waals surface area contributed by atoms with Gasteiger partial charge >= 0.3 is 0 Å². The van der Waals surface area contributed by atoms with Crippen LogP contribution in [0.2, 0.25) is 0 Å². The first-order valence-electron chi connectivity index (χ1n) is 9.79. The molecule has 2 N–H and O–H groups in total. The minimum atomic E-state index is 0.688. The van der Waals surface area contributed by atoms with Gasteiger partial charge in [-0.1, -0.05) is 11.6 Å². The number of ether oxygens (including phenoxy) is 1. The molecule has 4 aliphatic carbocycles. The van der Waals surface area contributed by atoms with E-state index in [0.29, 0.717) is 13.2 Å². The Kier molecular flexibility index (Phi) is 4.42. The minimum Gasteiger partial charge on any atom is -0.494 e. The van der Waals surface area contributed by atoms with Crippen molar-refractivity contribution in [3.63, 3.8) is 0 Å². The molecule has 4 fully saturated rings. The molecule has 0 aromatic heterocycles. The zero-order valence-electron chi connectivity index (χ0n) is 15.2. The van der Waals surface area contributed by atoms with E-state index in [1.54, 1.807) is 5.57 Å². The average molecular weight is 325 g/mol. The van der Waals surface area contributed by atoms with E-state index in [0.717, 1.165) is 35.8 Å². The molecule has 2 heteroatoms. The summed E-state index contributed by atoms with van der Waals surface area (Å²) in [5.74, 6) is 4.78. The van der Waals surface area contributed by atoms with Crippen LogP contribution in [-0.4, -0.2) is 13.2 Å². The predicted octanol–water partition coefficient (Wildman–Crippen LogP) is 4.95. The normalized spacial score (nSPS) is 30.7. The van der Waals surface area contributed by atoms with Crippen LogP contribution in [0, 0.1) is 30.6 Å². The van der Waals surface area contributed by atoms with Gasteiger partial charge in [-0.05, 0) is 111 Å². The molecule has 24 heavy (non-hydrogen) atoms. The van der Waals surface area contributed by atoms with E-state index in [-0.39, 0.29) is 0 Å². The highest BCUT2D eigenvalue weighted by molar-refractivity contribution is 5.70. The lowest BCUT2D eigenvalue weighted by Gasteiger charge is -2.52. The van der Waals surface area contributed by atoms with E-state index < -0.39 is 0 Å². The third kappa shape index (κ3) is 3.01. The van der Waals surface area contributed by atoms with E-state index in [2.05, 4.69) is 32.0 Å². The van der Waals surface area contributed by atoms with E-state index in [9.17, 15) is 0 Å². The SMILES string of the molecule is CC(=C1C2CC3CC(C2)CC1C3)c1cc(C)cc(OCCCN)c1. The molecule has 4 aliphatic rings. The molecular weight excluding hydrogens is 294 g/mol. The lowest BCUT2D eigenvalue weighted by atomic mass is 9.53. The lowest BCUT2D eigenvalue weighted by Crippen LogP contribution is -2.40. The second-order valence-electron chi connectivity index (χ2n) is 8.41. The Morgan fingerprint density at radius 2 is 1.71 bits per heavy atom.